The van der Waals surface area contributed by atoms with Gasteiger partial charge in [-0.3, -0.25) is 24.8 Å². The Morgan fingerprint density at radius 1 is 0.789 bits per heavy atom. The van der Waals surface area contributed by atoms with Crippen molar-refractivity contribution in [2.24, 2.45) is 5.92 Å². The lowest BCUT2D eigenvalue weighted by Crippen LogP contribution is -2.20. The fourth-order valence-corrected chi connectivity index (χ4v) is 5.44. The second-order valence-electron chi connectivity index (χ2n) is 9.83. The Kier molecular flexibility index (Phi) is 5.43. The van der Waals surface area contributed by atoms with Crippen molar-refractivity contribution >= 4 is 33.4 Å². The number of aromatic nitrogens is 6. The molecule has 1 amide bonds. The minimum atomic E-state index is 0.0912. The smallest absolute Gasteiger partial charge is 0.227 e. The van der Waals surface area contributed by atoms with Crippen LogP contribution in [0.15, 0.2) is 79.6 Å². The summed E-state index contributed by atoms with van der Waals surface area (Å²) in [4.78, 5) is 29.1. The van der Waals surface area contributed by atoms with E-state index in [4.69, 9.17) is 0 Å². The van der Waals surface area contributed by atoms with Gasteiger partial charge in [0.05, 0.1) is 34.8 Å². The van der Waals surface area contributed by atoms with Gasteiger partial charge in [0.1, 0.15) is 5.69 Å². The molecular weight excluding hydrogens is 474 g/mol. The molecule has 3 N–H and O–H groups in total. The summed E-state index contributed by atoms with van der Waals surface area (Å²) in [6, 6.07) is 14.3. The average Bonchev–Trinajstić information content (AvgIpc) is 3.73. The molecule has 1 aliphatic rings. The van der Waals surface area contributed by atoms with Gasteiger partial charge in [0.15, 0.2) is 0 Å². The van der Waals surface area contributed by atoms with E-state index in [9.17, 15) is 4.79 Å². The van der Waals surface area contributed by atoms with E-state index in [2.05, 4.69) is 47.6 Å². The van der Waals surface area contributed by atoms with Crippen molar-refractivity contribution in [1.29, 1.82) is 0 Å². The lowest BCUT2D eigenvalue weighted by Gasteiger charge is -2.11. The SMILES string of the molecule is O=C(Nc1cncc(-c2ccc3[nH]nc(-c4cc5c(-c6ccncc6)cncc5[nH]4)c3c2)c1)C1CCCC1. The topological polar surface area (TPSA) is 112 Å². The summed E-state index contributed by atoms with van der Waals surface area (Å²) in [6.07, 6.45) is 15.0. The molecule has 186 valence electrons. The number of rotatable bonds is 5. The zero-order valence-electron chi connectivity index (χ0n) is 20.6. The average molecular weight is 500 g/mol. The van der Waals surface area contributed by atoms with Gasteiger partial charge in [-0.05, 0) is 60.4 Å². The Morgan fingerprint density at radius 3 is 2.50 bits per heavy atom. The second kappa shape index (κ2) is 9.23. The number of fused-ring (bicyclic) bond motifs is 2. The predicted octanol–water partition coefficient (Wildman–Crippen LogP) is 6.36. The predicted molar refractivity (Wildman–Crippen MR) is 148 cm³/mol. The maximum Gasteiger partial charge on any atom is 0.227 e. The normalized spacial score (nSPS) is 13.9. The molecule has 0 atom stereocenters. The van der Waals surface area contributed by atoms with E-state index in [1.807, 2.05) is 48.9 Å². The van der Waals surface area contributed by atoms with Crippen LogP contribution in [0.1, 0.15) is 25.7 Å². The number of carbonyl (C=O) groups is 1. The third-order valence-corrected chi connectivity index (χ3v) is 7.42. The molecule has 0 saturated heterocycles. The molecule has 5 aromatic heterocycles. The van der Waals surface area contributed by atoms with Gasteiger partial charge in [0.2, 0.25) is 5.91 Å². The number of nitrogens with zero attached hydrogens (tertiary/aromatic N) is 4. The number of carbonyl (C=O) groups excluding carboxylic acids is 1. The number of benzene rings is 1. The van der Waals surface area contributed by atoms with Crippen LogP contribution >= 0.6 is 0 Å². The summed E-state index contributed by atoms with van der Waals surface area (Å²) < 4.78 is 0. The van der Waals surface area contributed by atoms with Crippen LogP contribution in [0, 0.1) is 5.92 Å². The molecule has 8 heteroatoms. The quantitative estimate of drug-likeness (QED) is 0.256. The highest BCUT2D eigenvalue weighted by Crippen LogP contribution is 2.35. The van der Waals surface area contributed by atoms with Gasteiger partial charge in [0.25, 0.3) is 0 Å². The van der Waals surface area contributed by atoms with E-state index in [-0.39, 0.29) is 11.8 Å². The Bertz CT molecular complexity index is 1780. The molecule has 1 fully saturated rings. The zero-order chi connectivity index (χ0) is 25.5. The van der Waals surface area contributed by atoms with Gasteiger partial charge >= 0.3 is 0 Å². The summed E-state index contributed by atoms with van der Waals surface area (Å²) in [5.74, 6) is 0.197. The molecule has 0 unspecified atom stereocenters. The van der Waals surface area contributed by atoms with Gasteiger partial charge in [-0.1, -0.05) is 18.9 Å². The number of aromatic amines is 2. The Morgan fingerprint density at radius 2 is 1.63 bits per heavy atom. The van der Waals surface area contributed by atoms with E-state index < -0.39 is 0 Å². The highest BCUT2D eigenvalue weighted by molar-refractivity contribution is 6.01. The number of hydrogen-bond donors (Lipinski definition) is 3. The van der Waals surface area contributed by atoms with E-state index in [1.54, 1.807) is 18.6 Å². The van der Waals surface area contributed by atoms with Gasteiger partial charge in [-0.2, -0.15) is 5.10 Å². The minimum absolute atomic E-state index is 0.0912. The first kappa shape index (κ1) is 22.4. The van der Waals surface area contributed by atoms with E-state index >= 15 is 0 Å². The van der Waals surface area contributed by atoms with Crippen LogP contribution < -0.4 is 5.32 Å². The summed E-state index contributed by atoms with van der Waals surface area (Å²) in [5, 5.41) is 12.9. The van der Waals surface area contributed by atoms with Crippen LogP contribution in [0.4, 0.5) is 5.69 Å². The molecule has 0 bridgehead atoms. The number of hydrogen-bond acceptors (Lipinski definition) is 5. The second-order valence-corrected chi connectivity index (χ2v) is 9.83. The first-order chi connectivity index (χ1) is 18.7. The Balaban J connectivity index is 1.25. The van der Waals surface area contributed by atoms with Gasteiger partial charge in [0, 0.05) is 52.6 Å². The van der Waals surface area contributed by atoms with Gasteiger partial charge < -0.3 is 10.3 Å². The molecule has 38 heavy (non-hydrogen) atoms. The molecule has 7 rings (SSSR count). The van der Waals surface area contributed by atoms with Crippen molar-refractivity contribution < 1.29 is 4.79 Å². The summed E-state index contributed by atoms with van der Waals surface area (Å²) in [5.41, 5.74) is 8.37. The molecule has 5 heterocycles. The van der Waals surface area contributed by atoms with E-state index in [0.717, 1.165) is 86.8 Å². The lowest BCUT2D eigenvalue weighted by molar-refractivity contribution is -0.119. The number of amides is 1. The Labute approximate surface area is 218 Å². The molecule has 1 aromatic carbocycles. The molecule has 1 aliphatic carbocycles. The van der Waals surface area contributed by atoms with Crippen LogP contribution in [-0.2, 0) is 4.79 Å². The van der Waals surface area contributed by atoms with Crippen LogP contribution in [0.3, 0.4) is 0 Å². The number of anilines is 1. The third-order valence-electron chi connectivity index (χ3n) is 7.42. The molecule has 8 nitrogen and oxygen atoms in total. The number of H-pyrrole nitrogens is 2. The molecule has 0 aliphatic heterocycles. The molecule has 0 spiro atoms. The maximum absolute atomic E-state index is 12.6. The molecule has 0 radical (unpaired) electrons. The van der Waals surface area contributed by atoms with Crippen molar-refractivity contribution in [3.05, 3.63) is 79.6 Å². The standard InChI is InChI=1S/C30H25N7O/c38-30(19-3-1-2-4-19)34-22-11-21(14-32-15-22)20-5-6-26-24(12-20)29(37-36-26)27-13-23-25(16-33-17-28(23)35-27)18-7-9-31-10-8-18/h5-17,19,35H,1-4H2,(H,34,38)(H,36,37). The zero-order valence-corrected chi connectivity index (χ0v) is 20.6. The Hall–Kier alpha value is -4.85. The highest BCUT2D eigenvalue weighted by atomic mass is 16.1. The molecule has 1 saturated carbocycles. The lowest BCUT2D eigenvalue weighted by atomic mass is 10.0. The maximum atomic E-state index is 12.6. The van der Waals surface area contributed by atoms with Crippen LogP contribution in [0.5, 0.6) is 0 Å². The van der Waals surface area contributed by atoms with Crippen LogP contribution in [0.2, 0.25) is 0 Å². The van der Waals surface area contributed by atoms with Crippen molar-refractivity contribution in [2.45, 2.75) is 25.7 Å². The van der Waals surface area contributed by atoms with E-state index in [0.29, 0.717) is 0 Å². The highest BCUT2D eigenvalue weighted by Gasteiger charge is 2.23. The van der Waals surface area contributed by atoms with Crippen LogP contribution in [0.25, 0.3) is 55.4 Å². The fourth-order valence-electron chi connectivity index (χ4n) is 5.44. The van der Waals surface area contributed by atoms with Crippen molar-refractivity contribution in [3.63, 3.8) is 0 Å². The first-order valence-electron chi connectivity index (χ1n) is 12.8. The summed E-state index contributed by atoms with van der Waals surface area (Å²) >= 11 is 0. The summed E-state index contributed by atoms with van der Waals surface area (Å²) in [6.45, 7) is 0. The van der Waals surface area contributed by atoms with Gasteiger partial charge in [-0.15, -0.1) is 0 Å². The van der Waals surface area contributed by atoms with Crippen molar-refractivity contribution in [1.82, 2.24) is 30.1 Å². The first-order valence-corrected chi connectivity index (χ1v) is 12.8. The van der Waals surface area contributed by atoms with Crippen molar-refractivity contribution in [2.75, 3.05) is 5.32 Å². The largest absolute Gasteiger partial charge is 0.352 e. The number of nitrogens with one attached hydrogen (secondary N) is 3. The molecular formula is C30H25N7O. The monoisotopic (exact) mass is 499 g/mol. The minimum Gasteiger partial charge on any atom is -0.352 e. The van der Waals surface area contributed by atoms with Crippen LogP contribution in [-0.4, -0.2) is 36.0 Å². The third kappa shape index (κ3) is 4.00. The number of pyridine rings is 3. The van der Waals surface area contributed by atoms with E-state index in [1.165, 1.54) is 0 Å². The fraction of sp³-hybridized carbons (Fsp3) is 0.167. The molecule has 6 aromatic rings. The summed E-state index contributed by atoms with van der Waals surface area (Å²) in [7, 11) is 0. The van der Waals surface area contributed by atoms with Crippen molar-refractivity contribution in [3.8, 4) is 33.6 Å². The van der Waals surface area contributed by atoms with Gasteiger partial charge in [-0.25, -0.2) is 0 Å².